The van der Waals surface area contributed by atoms with Gasteiger partial charge in [-0.15, -0.1) is 0 Å². The van der Waals surface area contributed by atoms with Crippen LogP contribution in [0.5, 0.6) is 0 Å². The van der Waals surface area contributed by atoms with E-state index in [4.69, 9.17) is 5.11 Å². The molecule has 0 radical (unpaired) electrons. The molecule has 0 aliphatic rings. The Morgan fingerprint density at radius 2 is 2.05 bits per heavy atom. The van der Waals surface area contributed by atoms with Gasteiger partial charge in [0.25, 0.3) is 0 Å². The fourth-order valence-corrected chi connectivity index (χ4v) is 1.86. The molecule has 1 aromatic rings. The monoisotopic (exact) mass is 263 g/mol. The van der Waals surface area contributed by atoms with Crippen LogP contribution in [0.25, 0.3) is 0 Å². The minimum absolute atomic E-state index is 0.349. The van der Waals surface area contributed by atoms with Gasteiger partial charge in [-0.05, 0) is 42.9 Å². The van der Waals surface area contributed by atoms with Crippen molar-refractivity contribution in [1.82, 2.24) is 5.32 Å². The van der Waals surface area contributed by atoms with Crippen LogP contribution in [0.2, 0.25) is 0 Å². The van der Waals surface area contributed by atoms with Gasteiger partial charge in [-0.3, -0.25) is 0 Å². The Bertz CT molecular complexity index is 421. The number of rotatable bonds is 6. The van der Waals surface area contributed by atoms with E-state index < -0.39 is 5.97 Å². The highest BCUT2D eigenvalue weighted by Gasteiger charge is 2.12. The van der Waals surface area contributed by atoms with Gasteiger partial charge in [-0.2, -0.15) is 0 Å². The molecule has 0 spiro atoms. The molecular weight excluding hydrogens is 238 g/mol. The smallest absolute Gasteiger partial charge is 0.335 e. The lowest BCUT2D eigenvalue weighted by Crippen LogP contribution is -2.26. The van der Waals surface area contributed by atoms with Crippen LogP contribution >= 0.6 is 0 Å². The highest BCUT2D eigenvalue weighted by atomic mass is 16.4. The fraction of sp³-hybridized carbons (Fsp3) is 0.562. The molecule has 1 unspecified atom stereocenters. The summed E-state index contributed by atoms with van der Waals surface area (Å²) in [6.45, 7) is 9.63. The molecule has 0 saturated heterocycles. The van der Waals surface area contributed by atoms with Crippen LogP contribution in [-0.2, 0) is 6.54 Å². The van der Waals surface area contributed by atoms with Crippen molar-refractivity contribution in [1.29, 1.82) is 0 Å². The largest absolute Gasteiger partial charge is 0.478 e. The van der Waals surface area contributed by atoms with Gasteiger partial charge in [0.2, 0.25) is 0 Å². The van der Waals surface area contributed by atoms with Crippen LogP contribution in [0.1, 0.15) is 56.5 Å². The van der Waals surface area contributed by atoms with E-state index in [0.717, 1.165) is 12.0 Å². The van der Waals surface area contributed by atoms with E-state index in [1.807, 2.05) is 6.07 Å². The summed E-state index contributed by atoms with van der Waals surface area (Å²) >= 11 is 0. The third kappa shape index (κ3) is 6.39. The lowest BCUT2D eigenvalue weighted by molar-refractivity contribution is 0.0696. The molecule has 0 bridgehead atoms. The van der Waals surface area contributed by atoms with Gasteiger partial charge in [0.15, 0.2) is 0 Å². The Morgan fingerprint density at radius 1 is 1.37 bits per heavy atom. The molecule has 19 heavy (non-hydrogen) atoms. The lowest BCUT2D eigenvalue weighted by Gasteiger charge is -2.21. The maximum absolute atomic E-state index is 10.9. The third-order valence-corrected chi connectivity index (χ3v) is 3.16. The van der Waals surface area contributed by atoms with Gasteiger partial charge in [-0.25, -0.2) is 4.79 Å². The summed E-state index contributed by atoms with van der Waals surface area (Å²) in [7, 11) is 0. The molecule has 0 aromatic heterocycles. The Kier molecular flexibility index (Phi) is 5.55. The summed E-state index contributed by atoms with van der Waals surface area (Å²) in [4.78, 5) is 10.9. The number of aromatic carboxylic acids is 1. The van der Waals surface area contributed by atoms with E-state index in [1.54, 1.807) is 18.2 Å². The first-order chi connectivity index (χ1) is 8.78. The molecule has 3 heteroatoms. The van der Waals surface area contributed by atoms with E-state index in [0.29, 0.717) is 23.6 Å². The second kappa shape index (κ2) is 6.71. The van der Waals surface area contributed by atoms with Crippen LogP contribution < -0.4 is 5.32 Å². The highest BCUT2D eigenvalue weighted by Crippen LogP contribution is 2.21. The zero-order valence-electron chi connectivity index (χ0n) is 12.4. The molecule has 106 valence electrons. The minimum atomic E-state index is -0.873. The van der Waals surface area contributed by atoms with Crippen molar-refractivity contribution in [2.75, 3.05) is 0 Å². The first kappa shape index (κ1) is 15.7. The quantitative estimate of drug-likeness (QED) is 0.823. The van der Waals surface area contributed by atoms with E-state index in [1.165, 1.54) is 6.42 Å². The van der Waals surface area contributed by atoms with Gasteiger partial charge in [0, 0.05) is 12.6 Å². The first-order valence-electron chi connectivity index (χ1n) is 6.83. The van der Waals surface area contributed by atoms with Crippen LogP contribution in [0.15, 0.2) is 24.3 Å². The van der Waals surface area contributed by atoms with E-state index >= 15 is 0 Å². The Labute approximate surface area is 116 Å². The number of carbonyl (C=O) groups is 1. The van der Waals surface area contributed by atoms with Crippen molar-refractivity contribution in [3.8, 4) is 0 Å². The number of hydrogen-bond donors (Lipinski definition) is 2. The van der Waals surface area contributed by atoms with Gasteiger partial charge in [0.05, 0.1) is 5.56 Å². The fourth-order valence-electron chi connectivity index (χ4n) is 1.86. The molecule has 0 aliphatic heterocycles. The van der Waals surface area contributed by atoms with Gasteiger partial charge in [-0.1, -0.05) is 32.9 Å². The van der Waals surface area contributed by atoms with Crippen LogP contribution in [0.3, 0.4) is 0 Å². The summed E-state index contributed by atoms with van der Waals surface area (Å²) in [6.07, 6.45) is 2.30. The van der Waals surface area contributed by atoms with Crippen molar-refractivity contribution in [2.45, 2.75) is 53.1 Å². The number of hydrogen-bond acceptors (Lipinski definition) is 2. The zero-order valence-corrected chi connectivity index (χ0v) is 12.4. The van der Waals surface area contributed by atoms with Crippen LogP contribution in [0.4, 0.5) is 0 Å². The van der Waals surface area contributed by atoms with Crippen molar-refractivity contribution in [3.05, 3.63) is 35.4 Å². The molecule has 0 fully saturated rings. The van der Waals surface area contributed by atoms with Gasteiger partial charge >= 0.3 is 5.97 Å². The Balaban J connectivity index is 2.44. The molecule has 2 N–H and O–H groups in total. The number of carboxylic acids is 1. The molecule has 0 heterocycles. The predicted molar refractivity (Wildman–Crippen MR) is 78.4 cm³/mol. The average Bonchev–Trinajstić information content (AvgIpc) is 2.33. The Morgan fingerprint density at radius 3 is 2.63 bits per heavy atom. The average molecular weight is 263 g/mol. The van der Waals surface area contributed by atoms with Crippen LogP contribution in [0, 0.1) is 5.41 Å². The number of carboxylic acid groups (broad SMARTS) is 1. The Hall–Kier alpha value is -1.35. The molecule has 1 aromatic carbocycles. The normalized spacial score (nSPS) is 13.3. The molecule has 0 saturated carbocycles. The standard InChI is InChI=1S/C16H25NO2/c1-12(8-9-16(2,3)4)17-11-13-6-5-7-14(10-13)15(18)19/h5-7,10,12,17H,8-9,11H2,1-4H3,(H,18,19). The highest BCUT2D eigenvalue weighted by molar-refractivity contribution is 5.87. The lowest BCUT2D eigenvalue weighted by atomic mass is 9.89. The predicted octanol–water partition coefficient (Wildman–Crippen LogP) is 3.69. The summed E-state index contributed by atoms with van der Waals surface area (Å²) in [5, 5.41) is 12.4. The topological polar surface area (TPSA) is 49.3 Å². The molecule has 0 amide bonds. The van der Waals surface area contributed by atoms with Crippen molar-refractivity contribution in [2.24, 2.45) is 5.41 Å². The van der Waals surface area contributed by atoms with Crippen LogP contribution in [-0.4, -0.2) is 17.1 Å². The molecular formula is C16H25NO2. The second-order valence-corrected chi connectivity index (χ2v) is 6.39. The van der Waals surface area contributed by atoms with E-state index in [2.05, 4.69) is 33.0 Å². The maximum Gasteiger partial charge on any atom is 0.335 e. The molecule has 3 nitrogen and oxygen atoms in total. The van der Waals surface area contributed by atoms with Gasteiger partial charge < -0.3 is 10.4 Å². The third-order valence-electron chi connectivity index (χ3n) is 3.16. The second-order valence-electron chi connectivity index (χ2n) is 6.39. The number of benzene rings is 1. The SMILES string of the molecule is CC(CCC(C)(C)C)NCc1cccc(C(=O)O)c1. The summed E-state index contributed by atoms with van der Waals surface area (Å²) < 4.78 is 0. The van der Waals surface area contributed by atoms with Crippen molar-refractivity contribution in [3.63, 3.8) is 0 Å². The molecule has 1 rings (SSSR count). The molecule has 1 atom stereocenters. The van der Waals surface area contributed by atoms with Crippen molar-refractivity contribution < 1.29 is 9.90 Å². The summed E-state index contributed by atoms with van der Waals surface area (Å²) in [5.74, 6) is -0.873. The van der Waals surface area contributed by atoms with Gasteiger partial charge in [0.1, 0.15) is 0 Å². The first-order valence-corrected chi connectivity index (χ1v) is 6.83. The van der Waals surface area contributed by atoms with E-state index in [9.17, 15) is 4.79 Å². The molecule has 0 aliphatic carbocycles. The van der Waals surface area contributed by atoms with Crippen molar-refractivity contribution >= 4 is 5.97 Å². The van der Waals surface area contributed by atoms with E-state index in [-0.39, 0.29) is 0 Å². The summed E-state index contributed by atoms with van der Waals surface area (Å²) in [6, 6.07) is 7.53. The summed E-state index contributed by atoms with van der Waals surface area (Å²) in [5.41, 5.74) is 1.73. The maximum atomic E-state index is 10.9. The minimum Gasteiger partial charge on any atom is -0.478 e. The number of nitrogens with one attached hydrogen (secondary N) is 1. The zero-order chi connectivity index (χ0) is 14.5.